The monoisotopic (exact) mass is 269 g/mol. The van der Waals surface area contributed by atoms with Crippen molar-refractivity contribution in [2.45, 2.75) is 12.7 Å². The first kappa shape index (κ1) is 13.7. The number of carbonyl (C=O) groups is 1. The van der Waals surface area contributed by atoms with Gasteiger partial charge in [-0.3, -0.25) is 9.59 Å². The second-order valence-corrected chi connectivity index (χ2v) is 4.01. The van der Waals surface area contributed by atoms with Crippen molar-refractivity contribution < 1.29 is 18.0 Å². The van der Waals surface area contributed by atoms with Crippen molar-refractivity contribution in [1.82, 2.24) is 15.6 Å². The molecule has 96 valence electrons. The molecule has 0 fully saturated rings. The summed E-state index contributed by atoms with van der Waals surface area (Å²) >= 11 is 0.950. The summed E-state index contributed by atoms with van der Waals surface area (Å²) in [6.07, 6.45) is -4.33. The van der Waals surface area contributed by atoms with Crippen LogP contribution in [0.3, 0.4) is 0 Å². The fourth-order valence-corrected chi connectivity index (χ4v) is 1.56. The predicted octanol–water partition coefficient (Wildman–Crippen LogP) is 0.205. The van der Waals surface area contributed by atoms with Crippen LogP contribution in [0.1, 0.15) is 5.69 Å². The number of hydrogen-bond donors (Lipinski definition) is 3. The van der Waals surface area contributed by atoms with E-state index in [1.165, 1.54) is 5.38 Å². The van der Waals surface area contributed by atoms with Crippen LogP contribution in [-0.2, 0) is 11.3 Å². The van der Waals surface area contributed by atoms with Gasteiger partial charge in [-0.2, -0.15) is 13.2 Å². The topological polar surface area (TPSA) is 74.0 Å². The van der Waals surface area contributed by atoms with Crippen molar-refractivity contribution in [2.75, 3.05) is 13.1 Å². The molecule has 1 amide bonds. The van der Waals surface area contributed by atoms with E-state index in [1.807, 2.05) is 5.32 Å². The van der Waals surface area contributed by atoms with Crippen molar-refractivity contribution in [3.63, 3.8) is 0 Å². The molecule has 0 spiro atoms. The summed E-state index contributed by atoms with van der Waals surface area (Å²) < 4.78 is 35.2. The molecule has 0 unspecified atom stereocenters. The van der Waals surface area contributed by atoms with Gasteiger partial charge in [-0.25, -0.2) is 0 Å². The molecule has 0 aliphatic rings. The van der Waals surface area contributed by atoms with Crippen molar-refractivity contribution >= 4 is 17.2 Å². The van der Waals surface area contributed by atoms with Crippen molar-refractivity contribution in [2.24, 2.45) is 0 Å². The quantitative estimate of drug-likeness (QED) is 0.715. The molecule has 17 heavy (non-hydrogen) atoms. The molecule has 1 rings (SSSR count). The Morgan fingerprint density at radius 1 is 1.47 bits per heavy atom. The van der Waals surface area contributed by atoms with Gasteiger partial charge >= 0.3 is 11.0 Å². The maximum absolute atomic E-state index is 11.7. The number of carbonyl (C=O) groups excluding carboxylic acids is 1. The SMILES string of the molecule is O=C(CNCC(F)(F)F)NCc1csc(=O)[nH]1. The lowest BCUT2D eigenvalue weighted by Gasteiger charge is -2.08. The Labute approximate surface area is 98.0 Å². The molecule has 0 aliphatic carbocycles. The molecule has 1 aromatic heterocycles. The lowest BCUT2D eigenvalue weighted by Crippen LogP contribution is -2.38. The number of hydrogen-bond acceptors (Lipinski definition) is 4. The fraction of sp³-hybridized carbons (Fsp3) is 0.500. The summed E-state index contributed by atoms with van der Waals surface area (Å²) in [5.74, 6) is -0.568. The van der Waals surface area contributed by atoms with Gasteiger partial charge in [-0.05, 0) is 0 Å². The van der Waals surface area contributed by atoms with Crippen LogP contribution in [0.25, 0.3) is 0 Å². The Bertz CT molecular complexity index is 426. The highest BCUT2D eigenvalue weighted by atomic mass is 32.1. The van der Waals surface area contributed by atoms with Crippen LogP contribution in [0.5, 0.6) is 0 Å². The Morgan fingerprint density at radius 2 is 2.18 bits per heavy atom. The molecule has 0 atom stereocenters. The third-order valence-corrected chi connectivity index (χ3v) is 2.38. The highest BCUT2D eigenvalue weighted by molar-refractivity contribution is 7.07. The zero-order valence-electron chi connectivity index (χ0n) is 8.56. The maximum Gasteiger partial charge on any atom is 0.401 e. The first-order chi connectivity index (χ1) is 7.87. The lowest BCUT2D eigenvalue weighted by atomic mass is 10.4. The number of aromatic amines is 1. The number of rotatable bonds is 5. The minimum atomic E-state index is -4.33. The number of halogens is 3. The summed E-state index contributed by atoms with van der Waals surface area (Å²) in [7, 11) is 0. The lowest BCUT2D eigenvalue weighted by molar-refractivity contribution is -0.128. The van der Waals surface area contributed by atoms with E-state index in [2.05, 4.69) is 10.3 Å². The van der Waals surface area contributed by atoms with Crippen LogP contribution in [0.2, 0.25) is 0 Å². The molecule has 0 radical (unpaired) electrons. The summed E-state index contributed by atoms with van der Waals surface area (Å²) in [5, 5.41) is 5.86. The molecular formula is C8H10F3N3O2S. The minimum Gasteiger partial charge on any atom is -0.349 e. The average molecular weight is 269 g/mol. The third-order valence-electron chi connectivity index (χ3n) is 1.66. The zero-order chi connectivity index (χ0) is 12.9. The van der Waals surface area contributed by atoms with Gasteiger partial charge in [-0.1, -0.05) is 11.3 Å². The summed E-state index contributed by atoms with van der Waals surface area (Å²) in [5.41, 5.74) is 0.518. The Hall–Kier alpha value is -1.35. The van der Waals surface area contributed by atoms with E-state index in [9.17, 15) is 22.8 Å². The summed E-state index contributed by atoms with van der Waals surface area (Å²) in [6.45, 7) is -1.55. The minimum absolute atomic E-state index is 0.0886. The molecule has 1 heterocycles. The molecule has 1 aromatic rings. The van der Waals surface area contributed by atoms with Crippen LogP contribution >= 0.6 is 11.3 Å². The molecule has 3 N–H and O–H groups in total. The number of thiazole rings is 1. The highest BCUT2D eigenvalue weighted by Gasteiger charge is 2.26. The number of alkyl halides is 3. The molecule has 5 nitrogen and oxygen atoms in total. The third kappa shape index (κ3) is 6.07. The number of H-pyrrole nitrogens is 1. The smallest absolute Gasteiger partial charge is 0.349 e. The first-order valence-electron chi connectivity index (χ1n) is 4.58. The van der Waals surface area contributed by atoms with E-state index in [-0.39, 0.29) is 11.4 Å². The van der Waals surface area contributed by atoms with Crippen molar-refractivity contribution in [3.05, 3.63) is 20.7 Å². The van der Waals surface area contributed by atoms with Gasteiger partial charge in [-0.15, -0.1) is 0 Å². The zero-order valence-corrected chi connectivity index (χ0v) is 9.37. The van der Waals surface area contributed by atoms with Crippen LogP contribution < -0.4 is 15.5 Å². The van der Waals surface area contributed by atoms with Gasteiger partial charge in [0, 0.05) is 11.1 Å². The van der Waals surface area contributed by atoms with E-state index in [1.54, 1.807) is 0 Å². The Balaban J connectivity index is 2.20. The van der Waals surface area contributed by atoms with Gasteiger partial charge in [0.05, 0.1) is 19.6 Å². The fourth-order valence-electron chi connectivity index (χ4n) is 0.975. The normalized spacial score (nSPS) is 11.5. The Morgan fingerprint density at radius 3 is 2.71 bits per heavy atom. The summed E-state index contributed by atoms with van der Waals surface area (Å²) in [4.78, 5) is 24.0. The molecule has 0 saturated heterocycles. The maximum atomic E-state index is 11.7. The molecule has 0 aromatic carbocycles. The molecule has 0 aliphatic heterocycles. The largest absolute Gasteiger partial charge is 0.401 e. The van der Waals surface area contributed by atoms with Crippen LogP contribution in [0.15, 0.2) is 10.2 Å². The van der Waals surface area contributed by atoms with Crippen molar-refractivity contribution in [1.29, 1.82) is 0 Å². The second kappa shape index (κ2) is 5.82. The number of aromatic nitrogens is 1. The summed E-state index contributed by atoms with van der Waals surface area (Å²) in [6, 6.07) is 0. The van der Waals surface area contributed by atoms with E-state index >= 15 is 0 Å². The average Bonchev–Trinajstić information content (AvgIpc) is 2.59. The van der Waals surface area contributed by atoms with Gasteiger partial charge in [0.15, 0.2) is 0 Å². The van der Waals surface area contributed by atoms with E-state index in [0.717, 1.165) is 11.3 Å². The van der Waals surface area contributed by atoms with Gasteiger partial charge in [0.1, 0.15) is 0 Å². The van der Waals surface area contributed by atoms with Gasteiger partial charge < -0.3 is 15.6 Å². The van der Waals surface area contributed by atoms with Crippen molar-refractivity contribution in [3.8, 4) is 0 Å². The van der Waals surface area contributed by atoms with Crippen LogP contribution in [-0.4, -0.2) is 30.2 Å². The van der Waals surface area contributed by atoms with E-state index in [4.69, 9.17) is 0 Å². The van der Waals surface area contributed by atoms with Crippen LogP contribution in [0.4, 0.5) is 13.2 Å². The second-order valence-electron chi connectivity index (χ2n) is 3.17. The Kier molecular flexibility index (Phi) is 4.70. The number of nitrogens with one attached hydrogen (secondary N) is 3. The molecule has 0 bridgehead atoms. The van der Waals surface area contributed by atoms with E-state index < -0.39 is 25.2 Å². The van der Waals surface area contributed by atoms with Crippen LogP contribution in [0, 0.1) is 0 Å². The molecule has 0 saturated carbocycles. The first-order valence-corrected chi connectivity index (χ1v) is 5.45. The van der Waals surface area contributed by atoms with E-state index in [0.29, 0.717) is 5.69 Å². The molecule has 9 heteroatoms. The molecular weight excluding hydrogens is 259 g/mol. The number of amides is 1. The predicted molar refractivity (Wildman–Crippen MR) is 55.7 cm³/mol. The standard InChI is InChI=1S/C8H10F3N3O2S/c9-8(10,11)4-12-2-6(15)13-1-5-3-17-7(16)14-5/h3,12H,1-2,4H2,(H,13,15)(H,14,16). The van der Waals surface area contributed by atoms with Gasteiger partial charge in [0.2, 0.25) is 5.91 Å². The van der Waals surface area contributed by atoms with Gasteiger partial charge in [0.25, 0.3) is 0 Å². The highest BCUT2D eigenvalue weighted by Crippen LogP contribution is 2.11.